The third-order valence-electron chi connectivity index (χ3n) is 2.58. The summed E-state index contributed by atoms with van der Waals surface area (Å²) >= 11 is 12.9. The van der Waals surface area contributed by atoms with E-state index >= 15 is 0 Å². The van der Waals surface area contributed by atoms with Crippen molar-refractivity contribution < 1.29 is 4.79 Å². The van der Waals surface area contributed by atoms with Gasteiger partial charge in [0.15, 0.2) is 0 Å². The minimum Gasteiger partial charge on any atom is -0.347 e. The molecule has 2 aromatic heterocycles. The molecular formula is C12H11Cl2N3O2S. The number of halogens is 2. The van der Waals surface area contributed by atoms with Gasteiger partial charge < -0.3 is 5.32 Å². The summed E-state index contributed by atoms with van der Waals surface area (Å²) in [4.78, 5) is 24.7. The van der Waals surface area contributed by atoms with Crippen LogP contribution in [-0.2, 0) is 11.3 Å². The zero-order chi connectivity index (χ0) is 14.7. The summed E-state index contributed by atoms with van der Waals surface area (Å²) in [5.41, 5.74) is -0.585. The van der Waals surface area contributed by atoms with Crippen molar-refractivity contribution in [3.05, 3.63) is 49.0 Å². The number of thiophene rings is 1. The third-order valence-corrected chi connectivity index (χ3v) is 4.39. The van der Waals surface area contributed by atoms with Gasteiger partial charge in [0.05, 0.1) is 17.3 Å². The van der Waals surface area contributed by atoms with E-state index in [1.165, 1.54) is 6.20 Å². The molecule has 0 aliphatic heterocycles. The lowest BCUT2D eigenvalue weighted by atomic mass is 10.3. The standard InChI is InChI=1S/C12H11Cl2N3O2S/c1-7(9-3-2-4-20-9)16-10(18)6-17-12(19)11(14)8(13)5-15-17/h2-5,7H,6H2,1H3,(H,16,18). The van der Waals surface area contributed by atoms with Crippen LogP contribution in [0.15, 0.2) is 28.5 Å². The van der Waals surface area contributed by atoms with Crippen molar-refractivity contribution in [2.24, 2.45) is 0 Å². The first kappa shape index (κ1) is 15.0. The van der Waals surface area contributed by atoms with Gasteiger partial charge in [-0.1, -0.05) is 29.3 Å². The normalized spacial score (nSPS) is 12.2. The van der Waals surface area contributed by atoms with Crippen LogP contribution in [0.2, 0.25) is 10.0 Å². The maximum absolute atomic E-state index is 11.9. The Kier molecular flexibility index (Phi) is 4.80. The maximum atomic E-state index is 11.9. The first-order valence-electron chi connectivity index (χ1n) is 5.73. The number of carbonyl (C=O) groups excluding carboxylic acids is 1. The smallest absolute Gasteiger partial charge is 0.287 e. The van der Waals surface area contributed by atoms with E-state index in [9.17, 15) is 9.59 Å². The van der Waals surface area contributed by atoms with Crippen LogP contribution in [0.1, 0.15) is 17.8 Å². The highest BCUT2D eigenvalue weighted by molar-refractivity contribution is 7.10. The zero-order valence-electron chi connectivity index (χ0n) is 10.5. The Morgan fingerprint density at radius 2 is 2.30 bits per heavy atom. The van der Waals surface area contributed by atoms with Crippen LogP contribution in [0.25, 0.3) is 0 Å². The molecule has 0 aliphatic carbocycles. The second-order valence-corrected chi connectivity index (χ2v) is 5.84. The molecule has 1 amide bonds. The lowest BCUT2D eigenvalue weighted by molar-refractivity contribution is -0.122. The van der Waals surface area contributed by atoms with Gasteiger partial charge in [0.2, 0.25) is 5.91 Å². The first-order chi connectivity index (χ1) is 9.49. The number of nitrogens with zero attached hydrogens (tertiary/aromatic N) is 2. The van der Waals surface area contributed by atoms with Crippen LogP contribution in [-0.4, -0.2) is 15.7 Å². The Morgan fingerprint density at radius 1 is 1.55 bits per heavy atom. The molecule has 0 spiro atoms. The predicted molar refractivity (Wildman–Crippen MR) is 79.4 cm³/mol. The highest BCUT2D eigenvalue weighted by Crippen LogP contribution is 2.18. The molecule has 0 saturated heterocycles. The fourth-order valence-electron chi connectivity index (χ4n) is 1.59. The van der Waals surface area contributed by atoms with Crippen LogP contribution in [0, 0.1) is 0 Å². The molecule has 2 rings (SSSR count). The molecule has 5 nitrogen and oxygen atoms in total. The highest BCUT2D eigenvalue weighted by Gasteiger charge is 2.13. The van der Waals surface area contributed by atoms with Crippen molar-refractivity contribution in [3.8, 4) is 0 Å². The van der Waals surface area contributed by atoms with Crippen LogP contribution in [0.3, 0.4) is 0 Å². The average molecular weight is 332 g/mol. The van der Waals surface area contributed by atoms with E-state index in [0.717, 1.165) is 9.56 Å². The molecule has 0 fully saturated rings. The van der Waals surface area contributed by atoms with Gasteiger partial charge in [-0.2, -0.15) is 5.10 Å². The molecule has 2 aromatic rings. The van der Waals surface area contributed by atoms with Crippen molar-refractivity contribution in [1.29, 1.82) is 0 Å². The quantitative estimate of drug-likeness (QED) is 0.936. The molecule has 2 heterocycles. The Hall–Kier alpha value is -1.37. The third kappa shape index (κ3) is 3.39. The van der Waals surface area contributed by atoms with Gasteiger partial charge in [-0.05, 0) is 18.4 Å². The number of hydrogen-bond acceptors (Lipinski definition) is 4. The highest BCUT2D eigenvalue weighted by atomic mass is 35.5. The van der Waals surface area contributed by atoms with Crippen LogP contribution < -0.4 is 10.9 Å². The molecule has 0 aliphatic rings. The number of hydrogen-bond donors (Lipinski definition) is 1. The molecule has 0 aromatic carbocycles. The summed E-state index contributed by atoms with van der Waals surface area (Å²) in [6, 6.07) is 3.72. The van der Waals surface area contributed by atoms with Gasteiger partial charge in [-0.25, -0.2) is 4.68 Å². The molecule has 106 valence electrons. The molecule has 0 bridgehead atoms. The molecule has 1 unspecified atom stereocenters. The Balaban J connectivity index is 2.06. The molecule has 8 heteroatoms. The zero-order valence-corrected chi connectivity index (χ0v) is 12.8. The summed E-state index contributed by atoms with van der Waals surface area (Å²) in [6.45, 7) is 1.67. The molecule has 0 radical (unpaired) electrons. The minimum absolute atomic E-state index is 0.0697. The second-order valence-electron chi connectivity index (χ2n) is 4.07. The van der Waals surface area contributed by atoms with E-state index in [0.29, 0.717) is 0 Å². The van der Waals surface area contributed by atoms with Crippen molar-refractivity contribution in [1.82, 2.24) is 15.1 Å². The second kappa shape index (κ2) is 6.39. The molecule has 20 heavy (non-hydrogen) atoms. The topological polar surface area (TPSA) is 64.0 Å². The van der Waals surface area contributed by atoms with Crippen molar-refractivity contribution in [2.75, 3.05) is 0 Å². The fourth-order valence-corrected chi connectivity index (χ4v) is 2.59. The first-order valence-corrected chi connectivity index (χ1v) is 7.36. The van der Waals surface area contributed by atoms with Crippen LogP contribution in [0.4, 0.5) is 0 Å². The van der Waals surface area contributed by atoms with Crippen LogP contribution in [0.5, 0.6) is 0 Å². The van der Waals surface area contributed by atoms with Gasteiger partial charge in [-0.15, -0.1) is 11.3 Å². The Morgan fingerprint density at radius 3 is 2.95 bits per heavy atom. The molecule has 1 N–H and O–H groups in total. The summed E-state index contributed by atoms with van der Waals surface area (Å²) in [5, 5.41) is 8.43. The van der Waals surface area contributed by atoms with Crippen molar-refractivity contribution >= 4 is 40.4 Å². The van der Waals surface area contributed by atoms with Crippen LogP contribution >= 0.6 is 34.5 Å². The summed E-state index contributed by atoms with van der Waals surface area (Å²) in [7, 11) is 0. The van der Waals surface area contributed by atoms with E-state index in [-0.39, 0.29) is 28.5 Å². The summed E-state index contributed by atoms with van der Waals surface area (Å²) in [5.74, 6) is -0.320. The number of rotatable bonds is 4. The molecule has 0 saturated carbocycles. The van der Waals surface area contributed by atoms with E-state index in [4.69, 9.17) is 23.2 Å². The van der Waals surface area contributed by atoms with E-state index in [2.05, 4.69) is 10.4 Å². The largest absolute Gasteiger partial charge is 0.347 e. The number of amides is 1. The van der Waals surface area contributed by atoms with Gasteiger partial charge in [0.25, 0.3) is 5.56 Å². The SMILES string of the molecule is CC(NC(=O)Cn1ncc(Cl)c(Cl)c1=O)c1cccs1. The van der Waals surface area contributed by atoms with Gasteiger partial charge in [0.1, 0.15) is 11.6 Å². The Bertz CT molecular complexity index is 670. The minimum atomic E-state index is -0.585. The Labute approximate surface area is 129 Å². The monoisotopic (exact) mass is 331 g/mol. The predicted octanol–water partition coefficient (Wildman–Crippen LogP) is 2.49. The molecule has 1 atom stereocenters. The average Bonchev–Trinajstić information content (AvgIpc) is 2.93. The van der Waals surface area contributed by atoms with Crippen molar-refractivity contribution in [3.63, 3.8) is 0 Å². The maximum Gasteiger partial charge on any atom is 0.287 e. The number of carbonyl (C=O) groups is 1. The van der Waals surface area contributed by atoms with E-state index < -0.39 is 5.56 Å². The van der Waals surface area contributed by atoms with Gasteiger partial charge in [0, 0.05) is 4.88 Å². The number of aromatic nitrogens is 2. The van der Waals surface area contributed by atoms with Gasteiger partial charge >= 0.3 is 0 Å². The van der Waals surface area contributed by atoms with Gasteiger partial charge in [-0.3, -0.25) is 9.59 Å². The molecular weight excluding hydrogens is 321 g/mol. The van der Waals surface area contributed by atoms with E-state index in [1.807, 2.05) is 24.4 Å². The lowest BCUT2D eigenvalue weighted by Crippen LogP contribution is -2.34. The lowest BCUT2D eigenvalue weighted by Gasteiger charge is -2.12. The van der Waals surface area contributed by atoms with Crippen molar-refractivity contribution in [2.45, 2.75) is 19.5 Å². The van der Waals surface area contributed by atoms with E-state index in [1.54, 1.807) is 11.3 Å². The fraction of sp³-hybridized carbons (Fsp3) is 0.250. The summed E-state index contributed by atoms with van der Waals surface area (Å²) in [6.07, 6.45) is 1.24. The number of nitrogens with one attached hydrogen (secondary N) is 1. The summed E-state index contributed by atoms with van der Waals surface area (Å²) < 4.78 is 0.977.